The number of carbonyl (C=O) groups is 2. The number of esters is 2. The van der Waals surface area contributed by atoms with Crippen molar-refractivity contribution < 1.29 is 24.2 Å². The Morgan fingerprint density at radius 2 is 1.77 bits per heavy atom. The highest BCUT2D eigenvalue weighted by Crippen LogP contribution is 2.26. The summed E-state index contributed by atoms with van der Waals surface area (Å²) in [5.41, 5.74) is 1.63. The van der Waals surface area contributed by atoms with Crippen LogP contribution in [0.1, 0.15) is 19.8 Å². The zero-order valence-electron chi connectivity index (χ0n) is 14.1. The first-order chi connectivity index (χ1) is 12.6. The van der Waals surface area contributed by atoms with E-state index in [2.05, 4.69) is 10.2 Å². The molecule has 0 saturated heterocycles. The molecule has 26 heavy (non-hydrogen) atoms. The number of phenolic OH excluding ortho intramolecular Hbond substituents is 1. The third-order valence-corrected chi connectivity index (χ3v) is 3.54. The molecule has 2 aromatic carbocycles. The van der Waals surface area contributed by atoms with Crippen LogP contribution in [0.4, 0.5) is 0 Å². The van der Waals surface area contributed by atoms with Crippen molar-refractivity contribution in [3.05, 3.63) is 42.5 Å². The average molecular weight is 355 g/mol. The Hall–Kier alpha value is -3.42. The summed E-state index contributed by atoms with van der Waals surface area (Å²) in [4.78, 5) is 24.2. The van der Waals surface area contributed by atoms with E-state index in [4.69, 9.17) is 9.47 Å². The van der Waals surface area contributed by atoms with Gasteiger partial charge in [-0.05, 0) is 24.3 Å². The first-order valence-corrected chi connectivity index (χ1v) is 8.08. The molecule has 0 aliphatic carbocycles. The Kier molecular flexibility index (Phi) is 5.12. The van der Waals surface area contributed by atoms with Gasteiger partial charge in [0.05, 0.1) is 6.42 Å². The minimum atomic E-state index is -0.552. The maximum absolute atomic E-state index is 11.8. The Labute approximate surface area is 148 Å². The molecule has 1 N–H and O–H groups in total. The highest BCUT2D eigenvalue weighted by molar-refractivity contribution is 5.75. The minimum absolute atomic E-state index is 0.0391. The van der Waals surface area contributed by atoms with Crippen molar-refractivity contribution >= 4 is 23.0 Å². The standard InChI is InChI=1S/C18H17N3O5/c1-2-17(23)25-10-9-18(24)26-12-7-8-16(22)15(11-12)21-19-13-5-3-4-6-14(13)20-21/h3-8,11,22H,2,9-10H2,1H3. The Morgan fingerprint density at radius 3 is 2.42 bits per heavy atom. The third kappa shape index (κ3) is 3.97. The molecule has 3 aromatic rings. The van der Waals surface area contributed by atoms with Gasteiger partial charge in [-0.3, -0.25) is 9.59 Å². The first kappa shape index (κ1) is 17.4. The van der Waals surface area contributed by atoms with Gasteiger partial charge < -0.3 is 14.6 Å². The van der Waals surface area contributed by atoms with Crippen LogP contribution in [0.2, 0.25) is 0 Å². The predicted octanol–water partition coefficient (Wildman–Crippen LogP) is 2.37. The molecule has 8 heteroatoms. The van der Waals surface area contributed by atoms with Gasteiger partial charge in [0.25, 0.3) is 0 Å². The molecule has 1 heterocycles. The fourth-order valence-electron chi connectivity index (χ4n) is 2.23. The van der Waals surface area contributed by atoms with Crippen molar-refractivity contribution in [1.82, 2.24) is 15.0 Å². The van der Waals surface area contributed by atoms with Crippen LogP contribution in [-0.2, 0) is 14.3 Å². The second-order valence-corrected chi connectivity index (χ2v) is 5.43. The number of benzene rings is 2. The molecule has 8 nitrogen and oxygen atoms in total. The monoisotopic (exact) mass is 355 g/mol. The molecular formula is C18H17N3O5. The molecule has 0 aliphatic heterocycles. The molecule has 1 aromatic heterocycles. The number of aromatic hydroxyl groups is 1. The molecule has 0 bridgehead atoms. The van der Waals surface area contributed by atoms with Crippen LogP contribution in [0, 0.1) is 0 Å². The lowest BCUT2D eigenvalue weighted by molar-refractivity contribution is -0.145. The van der Waals surface area contributed by atoms with Crippen LogP contribution in [0.3, 0.4) is 0 Å². The predicted molar refractivity (Wildman–Crippen MR) is 92.0 cm³/mol. The molecule has 0 radical (unpaired) electrons. The van der Waals surface area contributed by atoms with Crippen LogP contribution in [0.15, 0.2) is 42.5 Å². The van der Waals surface area contributed by atoms with E-state index in [0.717, 1.165) is 0 Å². The summed E-state index contributed by atoms with van der Waals surface area (Å²) >= 11 is 0. The molecule has 0 aliphatic rings. The maximum atomic E-state index is 11.8. The largest absolute Gasteiger partial charge is 0.506 e. The summed E-state index contributed by atoms with van der Waals surface area (Å²) in [5.74, 6) is -0.751. The zero-order valence-corrected chi connectivity index (χ0v) is 14.1. The number of rotatable bonds is 6. The lowest BCUT2D eigenvalue weighted by Crippen LogP contribution is -2.13. The summed E-state index contributed by atoms with van der Waals surface area (Å²) < 4.78 is 10.1. The van der Waals surface area contributed by atoms with Crippen molar-refractivity contribution in [2.75, 3.05) is 6.61 Å². The fraction of sp³-hybridized carbons (Fsp3) is 0.222. The van der Waals surface area contributed by atoms with Gasteiger partial charge in [-0.25, -0.2) is 0 Å². The number of hydrogen-bond donors (Lipinski definition) is 1. The number of hydrogen-bond acceptors (Lipinski definition) is 7. The molecule has 0 saturated carbocycles. The summed E-state index contributed by atoms with van der Waals surface area (Å²) in [7, 11) is 0. The van der Waals surface area contributed by atoms with Crippen molar-refractivity contribution in [3.8, 4) is 17.2 Å². The van der Waals surface area contributed by atoms with Gasteiger partial charge in [-0.1, -0.05) is 19.1 Å². The highest BCUT2D eigenvalue weighted by atomic mass is 16.5. The lowest BCUT2D eigenvalue weighted by atomic mass is 10.3. The first-order valence-electron chi connectivity index (χ1n) is 8.08. The Bertz CT molecular complexity index is 918. The number of aromatic nitrogens is 3. The van der Waals surface area contributed by atoms with Crippen LogP contribution >= 0.6 is 0 Å². The summed E-state index contributed by atoms with van der Waals surface area (Å²) in [6, 6.07) is 11.6. The van der Waals surface area contributed by atoms with E-state index >= 15 is 0 Å². The molecule has 0 spiro atoms. The molecule has 134 valence electrons. The molecule has 3 rings (SSSR count). The van der Waals surface area contributed by atoms with Crippen molar-refractivity contribution in [2.24, 2.45) is 0 Å². The number of nitrogens with zero attached hydrogens (tertiary/aromatic N) is 3. The normalized spacial score (nSPS) is 10.7. The number of carbonyl (C=O) groups excluding carboxylic acids is 2. The van der Waals surface area contributed by atoms with Crippen molar-refractivity contribution in [2.45, 2.75) is 19.8 Å². The average Bonchev–Trinajstić information content (AvgIpc) is 3.07. The maximum Gasteiger partial charge on any atom is 0.314 e. The highest BCUT2D eigenvalue weighted by Gasteiger charge is 2.13. The number of ether oxygens (including phenoxy) is 2. The molecule has 0 amide bonds. The van der Waals surface area contributed by atoms with Gasteiger partial charge in [0.15, 0.2) is 0 Å². The van der Waals surface area contributed by atoms with E-state index in [1.54, 1.807) is 19.1 Å². The second kappa shape index (κ2) is 7.64. The van der Waals surface area contributed by atoms with Crippen molar-refractivity contribution in [3.63, 3.8) is 0 Å². The summed E-state index contributed by atoms with van der Waals surface area (Å²) in [5, 5.41) is 18.7. The van der Waals surface area contributed by atoms with Crippen LogP contribution in [-0.4, -0.2) is 38.6 Å². The smallest absolute Gasteiger partial charge is 0.314 e. The van der Waals surface area contributed by atoms with Gasteiger partial charge >= 0.3 is 11.9 Å². The number of fused-ring (bicyclic) bond motifs is 1. The van der Waals surface area contributed by atoms with Gasteiger partial charge in [0.1, 0.15) is 34.8 Å². The molecule has 0 atom stereocenters. The third-order valence-electron chi connectivity index (χ3n) is 3.54. The van der Waals surface area contributed by atoms with Gasteiger partial charge in [0, 0.05) is 12.5 Å². The van der Waals surface area contributed by atoms with Gasteiger partial charge in [-0.2, -0.15) is 0 Å². The molecule has 0 fully saturated rings. The van der Waals surface area contributed by atoms with Crippen LogP contribution in [0.25, 0.3) is 16.7 Å². The Balaban J connectivity index is 1.73. The van der Waals surface area contributed by atoms with E-state index in [1.165, 1.54) is 23.0 Å². The van der Waals surface area contributed by atoms with Gasteiger partial charge in [0.2, 0.25) is 0 Å². The topological polar surface area (TPSA) is 104 Å². The lowest BCUT2D eigenvalue weighted by Gasteiger charge is -2.08. The van der Waals surface area contributed by atoms with E-state index in [1.807, 2.05) is 12.1 Å². The zero-order chi connectivity index (χ0) is 18.5. The van der Waals surface area contributed by atoms with E-state index < -0.39 is 5.97 Å². The minimum Gasteiger partial charge on any atom is -0.506 e. The second-order valence-electron chi connectivity index (χ2n) is 5.43. The van der Waals surface area contributed by atoms with E-state index in [9.17, 15) is 14.7 Å². The fourth-order valence-corrected chi connectivity index (χ4v) is 2.23. The van der Waals surface area contributed by atoms with Crippen LogP contribution in [0.5, 0.6) is 11.5 Å². The molecular weight excluding hydrogens is 338 g/mol. The van der Waals surface area contributed by atoms with Crippen LogP contribution < -0.4 is 4.74 Å². The van der Waals surface area contributed by atoms with Gasteiger partial charge in [-0.15, -0.1) is 15.0 Å². The van der Waals surface area contributed by atoms with Crippen molar-refractivity contribution in [1.29, 1.82) is 0 Å². The SMILES string of the molecule is CCC(=O)OCCC(=O)Oc1ccc(O)c(-n2nc3ccccc3n2)c1. The summed E-state index contributed by atoms with van der Waals surface area (Å²) in [6.45, 7) is 1.63. The summed E-state index contributed by atoms with van der Waals surface area (Å²) in [6.07, 6.45) is 0.188. The Morgan fingerprint density at radius 1 is 1.08 bits per heavy atom. The molecule has 0 unspecified atom stereocenters. The van der Waals surface area contributed by atoms with E-state index in [0.29, 0.717) is 11.0 Å². The van der Waals surface area contributed by atoms with E-state index in [-0.39, 0.29) is 42.6 Å². The number of phenols is 1. The quantitative estimate of drug-likeness (QED) is 0.535.